The van der Waals surface area contributed by atoms with Gasteiger partial charge in [0.15, 0.2) is 0 Å². The second-order valence-corrected chi connectivity index (χ2v) is 3.44. The Morgan fingerprint density at radius 3 is 2.75 bits per heavy atom. The van der Waals surface area contributed by atoms with Gasteiger partial charge in [-0.3, -0.25) is 11.3 Å². The van der Waals surface area contributed by atoms with Crippen molar-refractivity contribution >= 4 is 39.9 Å². The standard InChI is InChI=1S/C7H8BrClN2.ClH/c8-6-1-2-7(9)5(3-6)4-11-10;/h1-3,11H,4,10H2;1H. The van der Waals surface area contributed by atoms with Crippen LogP contribution in [0.4, 0.5) is 0 Å². The molecule has 0 fully saturated rings. The zero-order valence-electron chi connectivity index (χ0n) is 6.18. The van der Waals surface area contributed by atoms with Gasteiger partial charge in [0.25, 0.3) is 0 Å². The molecular formula is C7H9BrCl2N2. The number of halogens is 3. The Bertz CT molecular complexity index is 255. The van der Waals surface area contributed by atoms with Crippen molar-refractivity contribution < 1.29 is 0 Å². The molecule has 1 aromatic carbocycles. The van der Waals surface area contributed by atoms with Crippen molar-refractivity contribution in [3.8, 4) is 0 Å². The van der Waals surface area contributed by atoms with Crippen molar-refractivity contribution in [2.75, 3.05) is 0 Å². The summed E-state index contributed by atoms with van der Waals surface area (Å²) in [4.78, 5) is 0. The van der Waals surface area contributed by atoms with E-state index in [1.54, 1.807) is 0 Å². The van der Waals surface area contributed by atoms with Gasteiger partial charge in [0.05, 0.1) is 0 Å². The van der Waals surface area contributed by atoms with Gasteiger partial charge >= 0.3 is 0 Å². The minimum atomic E-state index is 0. The number of benzene rings is 1. The monoisotopic (exact) mass is 270 g/mol. The van der Waals surface area contributed by atoms with Gasteiger partial charge in [-0.15, -0.1) is 12.4 Å². The fourth-order valence-corrected chi connectivity index (χ4v) is 1.38. The van der Waals surface area contributed by atoms with Gasteiger partial charge in [-0.1, -0.05) is 27.5 Å². The van der Waals surface area contributed by atoms with Gasteiger partial charge in [0, 0.05) is 16.0 Å². The van der Waals surface area contributed by atoms with E-state index in [9.17, 15) is 0 Å². The van der Waals surface area contributed by atoms with E-state index in [2.05, 4.69) is 21.4 Å². The number of nitrogens with one attached hydrogen (secondary N) is 1. The van der Waals surface area contributed by atoms with Crippen LogP contribution in [0, 0.1) is 0 Å². The summed E-state index contributed by atoms with van der Waals surface area (Å²) in [6, 6.07) is 5.66. The summed E-state index contributed by atoms with van der Waals surface area (Å²) in [5, 5.41) is 0.728. The van der Waals surface area contributed by atoms with E-state index in [0.717, 1.165) is 15.1 Å². The van der Waals surface area contributed by atoms with Crippen LogP contribution in [0.2, 0.25) is 5.02 Å². The van der Waals surface area contributed by atoms with E-state index >= 15 is 0 Å². The first-order valence-electron chi connectivity index (χ1n) is 3.11. The van der Waals surface area contributed by atoms with E-state index in [0.29, 0.717) is 6.54 Å². The summed E-state index contributed by atoms with van der Waals surface area (Å²) >= 11 is 9.20. The molecule has 0 radical (unpaired) electrons. The molecule has 0 aliphatic carbocycles. The zero-order valence-corrected chi connectivity index (χ0v) is 9.34. The van der Waals surface area contributed by atoms with Crippen molar-refractivity contribution in [1.82, 2.24) is 5.43 Å². The lowest BCUT2D eigenvalue weighted by Gasteiger charge is -2.02. The first kappa shape index (κ1) is 12.2. The van der Waals surface area contributed by atoms with Crippen LogP contribution < -0.4 is 11.3 Å². The van der Waals surface area contributed by atoms with Crippen LogP contribution in [0.1, 0.15) is 5.56 Å². The molecule has 0 unspecified atom stereocenters. The molecule has 3 N–H and O–H groups in total. The topological polar surface area (TPSA) is 38.0 Å². The molecule has 1 rings (SSSR count). The quantitative estimate of drug-likeness (QED) is 0.641. The van der Waals surface area contributed by atoms with Crippen molar-refractivity contribution in [3.05, 3.63) is 33.3 Å². The van der Waals surface area contributed by atoms with E-state index in [1.165, 1.54) is 0 Å². The van der Waals surface area contributed by atoms with Gasteiger partial charge in [0.1, 0.15) is 0 Å². The van der Waals surface area contributed by atoms with Gasteiger partial charge in [-0.05, 0) is 23.8 Å². The minimum absolute atomic E-state index is 0. The molecule has 5 heteroatoms. The third-order valence-corrected chi connectivity index (χ3v) is 2.16. The summed E-state index contributed by atoms with van der Waals surface area (Å²) in [5.74, 6) is 5.16. The Kier molecular flexibility index (Phi) is 5.88. The lowest BCUT2D eigenvalue weighted by Crippen LogP contribution is -2.20. The van der Waals surface area contributed by atoms with Crippen LogP contribution in [0.15, 0.2) is 22.7 Å². The number of hydrogen-bond acceptors (Lipinski definition) is 2. The predicted octanol–water partition coefficient (Wildman–Crippen LogP) is 2.49. The summed E-state index contributed by atoms with van der Waals surface area (Å²) in [7, 11) is 0. The largest absolute Gasteiger partial charge is 0.271 e. The van der Waals surface area contributed by atoms with E-state index in [1.807, 2.05) is 18.2 Å². The molecule has 0 heterocycles. The van der Waals surface area contributed by atoms with Gasteiger partial charge in [-0.2, -0.15) is 0 Å². The van der Waals surface area contributed by atoms with Crippen molar-refractivity contribution in [2.24, 2.45) is 5.84 Å². The van der Waals surface area contributed by atoms with E-state index in [-0.39, 0.29) is 12.4 Å². The van der Waals surface area contributed by atoms with E-state index in [4.69, 9.17) is 17.4 Å². The first-order chi connectivity index (χ1) is 5.24. The maximum atomic E-state index is 5.86. The molecule has 0 saturated heterocycles. The number of nitrogens with two attached hydrogens (primary N) is 1. The Balaban J connectivity index is 0.00000121. The summed E-state index contributed by atoms with van der Waals surface area (Å²) in [5.41, 5.74) is 3.54. The summed E-state index contributed by atoms with van der Waals surface area (Å²) in [6.45, 7) is 0.582. The third-order valence-electron chi connectivity index (χ3n) is 1.30. The molecule has 0 aliphatic rings. The Morgan fingerprint density at radius 1 is 1.50 bits per heavy atom. The first-order valence-corrected chi connectivity index (χ1v) is 4.28. The normalized spacial score (nSPS) is 9.25. The van der Waals surface area contributed by atoms with Crippen molar-refractivity contribution in [1.29, 1.82) is 0 Å². The summed E-state index contributed by atoms with van der Waals surface area (Å²) in [6.07, 6.45) is 0. The molecule has 0 aromatic heterocycles. The molecule has 2 nitrogen and oxygen atoms in total. The number of hydrazine groups is 1. The Labute approximate surface area is 91.0 Å². The van der Waals surface area contributed by atoms with Crippen LogP contribution in [0.5, 0.6) is 0 Å². The minimum Gasteiger partial charge on any atom is -0.271 e. The van der Waals surface area contributed by atoms with Gasteiger partial charge in [-0.25, -0.2) is 0 Å². The van der Waals surface area contributed by atoms with Crippen molar-refractivity contribution in [2.45, 2.75) is 6.54 Å². The lowest BCUT2D eigenvalue weighted by atomic mass is 10.2. The average Bonchev–Trinajstić information content (AvgIpc) is 1.98. The van der Waals surface area contributed by atoms with Crippen molar-refractivity contribution in [3.63, 3.8) is 0 Å². The number of rotatable bonds is 2. The van der Waals surface area contributed by atoms with E-state index < -0.39 is 0 Å². The molecule has 68 valence electrons. The molecule has 0 amide bonds. The molecule has 0 atom stereocenters. The molecular weight excluding hydrogens is 263 g/mol. The molecule has 0 saturated carbocycles. The SMILES string of the molecule is Cl.NNCc1cc(Br)ccc1Cl. The fraction of sp³-hybridized carbons (Fsp3) is 0.143. The predicted molar refractivity (Wildman–Crippen MR) is 57.4 cm³/mol. The third kappa shape index (κ3) is 3.29. The highest BCUT2D eigenvalue weighted by atomic mass is 79.9. The smallest absolute Gasteiger partial charge is 0.0452 e. The Morgan fingerprint density at radius 2 is 2.17 bits per heavy atom. The fourth-order valence-electron chi connectivity index (χ4n) is 0.789. The number of hydrogen-bond donors (Lipinski definition) is 2. The van der Waals surface area contributed by atoms with Gasteiger partial charge in [0.2, 0.25) is 0 Å². The Hall–Kier alpha value is 0.200. The molecule has 0 bridgehead atoms. The van der Waals surface area contributed by atoms with Crippen LogP contribution in [0.25, 0.3) is 0 Å². The molecule has 12 heavy (non-hydrogen) atoms. The maximum absolute atomic E-state index is 5.86. The van der Waals surface area contributed by atoms with Gasteiger partial charge < -0.3 is 0 Å². The highest BCUT2D eigenvalue weighted by Gasteiger charge is 1.98. The second kappa shape index (κ2) is 5.78. The molecule has 0 aliphatic heterocycles. The zero-order chi connectivity index (χ0) is 8.27. The molecule has 0 spiro atoms. The highest BCUT2D eigenvalue weighted by molar-refractivity contribution is 9.10. The highest BCUT2D eigenvalue weighted by Crippen LogP contribution is 2.20. The molecule has 1 aromatic rings. The maximum Gasteiger partial charge on any atom is 0.0452 e. The van der Waals surface area contributed by atoms with Crippen LogP contribution >= 0.6 is 39.9 Å². The van der Waals surface area contributed by atoms with Crippen LogP contribution in [0.3, 0.4) is 0 Å². The lowest BCUT2D eigenvalue weighted by molar-refractivity contribution is 0.741. The summed E-state index contributed by atoms with van der Waals surface area (Å²) < 4.78 is 1.01. The second-order valence-electron chi connectivity index (χ2n) is 2.12. The van der Waals surface area contributed by atoms with Crippen LogP contribution in [-0.2, 0) is 6.54 Å². The average molecular weight is 272 g/mol. The van der Waals surface area contributed by atoms with Crippen LogP contribution in [-0.4, -0.2) is 0 Å².